The van der Waals surface area contributed by atoms with E-state index >= 15 is 0 Å². The Bertz CT molecular complexity index is 5100. The van der Waals surface area contributed by atoms with Gasteiger partial charge in [-0.15, -0.1) is 0 Å². The minimum Gasteiger partial charge on any atom is -0.870 e. The van der Waals surface area contributed by atoms with Gasteiger partial charge in [-0.1, -0.05) is 111 Å². The molecule has 0 saturated carbocycles. The topological polar surface area (TPSA) is 340 Å². The Morgan fingerprint density at radius 2 is 0.870 bits per heavy atom. The van der Waals surface area contributed by atoms with E-state index in [0.29, 0.717) is 56.6 Å². The summed E-state index contributed by atoms with van der Waals surface area (Å²) in [5.41, 5.74) is 7.98. The Hall–Kier alpha value is -9.09. The molecule has 15 heterocycles. The normalized spacial score (nSPS) is 12.9. The van der Waals surface area contributed by atoms with Gasteiger partial charge in [0.1, 0.15) is 39.6 Å². The van der Waals surface area contributed by atoms with Crippen LogP contribution in [0.15, 0.2) is 182 Å². The van der Waals surface area contributed by atoms with E-state index in [1.165, 1.54) is 63.2 Å². The molecular formula is C77H79BrCl5N16NaO8. The van der Waals surface area contributed by atoms with Crippen molar-refractivity contribution in [2.24, 2.45) is 0 Å². The number of fused-ring (bicyclic) bond motifs is 6. The van der Waals surface area contributed by atoms with Crippen LogP contribution in [0.3, 0.4) is 0 Å². The van der Waals surface area contributed by atoms with Crippen LogP contribution < -0.4 is 44.9 Å². The first-order chi connectivity index (χ1) is 51.6. The number of ether oxygens (including phenoxy) is 2. The summed E-state index contributed by atoms with van der Waals surface area (Å²) in [7, 11) is 1.66. The Labute approximate surface area is 677 Å². The zero-order valence-electron chi connectivity index (χ0n) is 59.5. The number of esters is 1. The van der Waals surface area contributed by atoms with Crippen LogP contribution in [-0.2, 0) is 11.3 Å². The van der Waals surface area contributed by atoms with E-state index in [4.69, 9.17) is 72.6 Å². The van der Waals surface area contributed by atoms with Crippen LogP contribution in [0.25, 0.3) is 66.2 Å². The molecule has 0 unspecified atom stereocenters. The Balaban J connectivity index is 0.000000160. The summed E-state index contributed by atoms with van der Waals surface area (Å²) in [5.74, 6) is -0.557. The van der Waals surface area contributed by atoms with Crippen molar-refractivity contribution >= 4 is 170 Å². The van der Waals surface area contributed by atoms with Gasteiger partial charge in [0.2, 0.25) is 0 Å². The number of carboxylic acid groups (broad SMARTS) is 1. The van der Waals surface area contributed by atoms with Gasteiger partial charge in [-0.3, -0.25) is 9.59 Å². The predicted octanol–water partition coefficient (Wildman–Crippen LogP) is 15.4. The summed E-state index contributed by atoms with van der Waals surface area (Å²) in [5, 5.41) is 23.1. The molecular weight excluding hydrogens is 1560 g/mol. The minimum atomic E-state index is -1.07. The van der Waals surface area contributed by atoms with Crippen molar-refractivity contribution < 1.29 is 68.8 Å². The van der Waals surface area contributed by atoms with Crippen LogP contribution in [0.1, 0.15) is 112 Å². The van der Waals surface area contributed by atoms with Crippen LogP contribution >= 0.6 is 73.9 Å². The van der Waals surface area contributed by atoms with E-state index in [1.807, 2.05) is 95.1 Å². The summed E-state index contributed by atoms with van der Waals surface area (Å²) < 4.78 is 10.9. The largest absolute Gasteiger partial charge is 1.00 e. The molecule has 10 N–H and O–H groups in total. The third kappa shape index (κ3) is 23.0. The molecule has 0 bridgehead atoms. The van der Waals surface area contributed by atoms with Crippen LogP contribution in [0.4, 0.5) is 5.69 Å². The number of aromatic nitrogens is 12. The van der Waals surface area contributed by atoms with E-state index < -0.39 is 11.9 Å². The minimum absolute atomic E-state index is 0. The molecule has 31 heteroatoms. The number of halogens is 6. The van der Waals surface area contributed by atoms with E-state index in [9.17, 15) is 19.2 Å². The maximum absolute atomic E-state index is 13.0. The molecule has 3 aliphatic heterocycles. The van der Waals surface area contributed by atoms with Crippen molar-refractivity contribution in [3.63, 3.8) is 0 Å². The first-order valence-corrected chi connectivity index (χ1v) is 37.0. The maximum Gasteiger partial charge on any atom is 1.00 e. The van der Waals surface area contributed by atoms with Gasteiger partial charge in [0.05, 0.1) is 66.8 Å². The molecule has 2 aromatic carbocycles. The maximum atomic E-state index is 13.0. The van der Waals surface area contributed by atoms with Gasteiger partial charge >= 0.3 is 41.5 Å². The molecule has 17 rings (SSSR count). The van der Waals surface area contributed by atoms with E-state index in [1.54, 1.807) is 81.7 Å². The summed E-state index contributed by atoms with van der Waals surface area (Å²) in [6.07, 6.45) is 30.9. The van der Waals surface area contributed by atoms with E-state index in [0.717, 1.165) is 127 Å². The molecule has 3 fully saturated rings. The molecule has 3 saturated heterocycles. The number of hydrogen-bond donors (Lipinski definition) is 9. The zero-order valence-corrected chi connectivity index (χ0v) is 66.8. The van der Waals surface area contributed by atoms with Crippen molar-refractivity contribution in [3.05, 3.63) is 235 Å². The second-order valence-electron chi connectivity index (χ2n) is 24.1. The number of methoxy groups -OCH3 is 1. The molecule has 2 amide bonds. The molecule has 14 aromatic rings. The van der Waals surface area contributed by atoms with Crippen LogP contribution in [-0.4, -0.2) is 157 Å². The molecule has 108 heavy (non-hydrogen) atoms. The monoisotopic (exact) mass is 1630 g/mol. The molecule has 0 spiro atoms. The third-order valence-corrected chi connectivity index (χ3v) is 19.4. The van der Waals surface area contributed by atoms with Gasteiger partial charge in [-0.05, 0) is 150 Å². The SMILES string of the molecule is C1CCNCC1.CCOC(=O)c1cnc2[nH]ccc2c1Cl.COc1ccc(Br)cc1.Clc1ccnc2[nH]ccc12.Clc1ccnc2[nH]ccc12.O=C(O)c1cnc2[nH]ccc2c1Cl.O=C(c1cnc2[nH]ccc2c1Cl)N1CCCCC1.O=C(c1cnc2[nH]ccc2c1NCc1ccccc1)N1CCCCC1.[Na+].[OH-]. The number of carbonyl (C=O) groups is 4. The number of piperidine rings is 3. The first kappa shape index (κ1) is 84.5. The van der Waals surface area contributed by atoms with Gasteiger partial charge in [-0.25, -0.2) is 39.5 Å². The number of aromatic carboxylic acids is 1. The van der Waals surface area contributed by atoms with Gasteiger partial charge in [0.15, 0.2) is 0 Å². The second-order valence-corrected chi connectivity index (χ2v) is 26.9. The van der Waals surface area contributed by atoms with Crippen molar-refractivity contribution in [3.8, 4) is 5.75 Å². The zero-order chi connectivity index (χ0) is 74.7. The van der Waals surface area contributed by atoms with Gasteiger partial charge < -0.3 is 70.4 Å². The molecule has 12 aromatic heterocycles. The summed E-state index contributed by atoms with van der Waals surface area (Å²) >= 11 is 33.2. The molecule has 0 radical (unpaired) electrons. The molecule has 558 valence electrons. The van der Waals surface area contributed by atoms with Crippen LogP contribution in [0.2, 0.25) is 25.1 Å². The fourth-order valence-corrected chi connectivity index (χ4v) is 13.0. The number of H-pyrrole nitrogens is 6. The number of pyridine rings is 6. The average Bonchev–Trinajstić information content (AvgIpc) is 1.43. The summed E-state index contributed by atoms with van der Waals surface area (Å²) in [6.45, 7) is 8.55. The average molecular weight is 1640 g/mol. The van der Waals surface area contributed by atoms with Crippen molar-refractivity contribution in [1.29, 1.82) is 0 Å². The molecule has 0 atom stereocenters. The number of nitrogens with zero attached hydrogens (tertiary/aromatic N) is 8. The van der Waals surface area contributed by atoms with Crippen LogP contribution in [0, 0.1) is 0 Å². The number of likely N-dealkylation sites (tertiary alicyclic amines) is 2. The standard InChI is InChI=1S/C20H22N4O.C13H14ClN3O.C10H9ClN2O2.C8H5ClN2O2.C7H7BrO.2C7H5ClN2.C5H11N.Na.H2O/c25-20(24-11-5-2-6-12-24)17-14-23-19-16(9-10-21-19)18(17)22-13-15-7-3-1-4-8-15;14-11-9-4-5-15-12(9)16-8-10(11)13(18)17-6-2-1-3-7-17;1-2-15-10(14)7-5-13-9-6(8(7)11)3-4-12-9;9-6-4-1-2-10-7(4)11-3-5(6)8(12)13;1-9-7-4-2-6(8)3-5-7;2*8-6-2-4-10-7-5(6)1-3-9-7;1-2-4-6-5-3-1;;/h1,3-4,7-10,14H,2,5-6,11-13H2,(H2,21,22,23);4-5,8H,1-3,6-7H2,(H,15,16);3-5H,2H2,1H3,(H,12,13);1-3H,(H,10,11)(H,12,13);2-5H,1H3;2*1-4H,(H,9,10);6H,1-5H2;;1H2/q;;;;;;;;+1;/p-1. The quantitative estimate of drug-likeness (QED) is 0.0479. The number of aromatic amines is 6. The Kier molecular flexibility index (Phi) is 33.8. The van der Waals surface area contributed by atoms with E-state index in [2.05, 4.69) is 98.5 Å². The number of nitrogens with one attached hydrogen (secondary N) is 8. The van der Waals surface area contributed by atoms with Crippen molar-refractivity contribution in [2.75, 3.05) is 58.3 Å². The summed E-state index contributed by atoms with van der Waals surface area (Å²) in [4.78, 5) is 93.9. The van der Waals surface area contributed by atoms with Gasteiger partial charge in [0, 0.05) is 144 Å². The number of anilines is 1. The third-order valence-electron chi connectivity index (χ3n) is 17.0. The number of benzene rings is 2. The smallest absolute Gasteiger partial charge is 0.870 e. The molecule has 0 aliphatic carbocycles. The number of rotatable bonds is 9. The van der Waals surface area contributed by atoms with E-state index in [-0.39, 0.29) is 57.4 Å². The number of hydrogen-bond acceptors (Lipinski definition) is 15. The molecule has 3 aliphatic rings. The van der Waals surface area contributed by atoms with Gasteiger partial charge in [-0.2, -0.15) is 0 Å². The fourth-order valence-electron chi connectivity index (χ4n) is 11.5. The Morgan fingerprint density at radius 1 is 0.481 bits per heavy atom. The first-order valence-electron chi connectivity index (χ1n) is 34.3. The number of carboxylic acids is 1. The number of amides is 2. The second kappa shape index (κ2) is 43.2. The van der Waals surface area contributed by atoms with Crippen LogP contribution in [0.5, 0.6) is 5.75 Å². The predicted molar refractivity (Wildman–Crippen MR) is 427 cm³/mol. The fraction of sp³-hybridized carbons (Fsp3) is 0.247. The van der Waals surface area contributed by atoms with Crippen molar-refractivity contribution in [2.45, 2.75) is 71.3 Å². The number of carbonyl (C=O) groups excluding carboxylic acids is 3. The molecule has 24 nitrogen and oxygen atoms in total. The van der Waals surface area contributed by atoms with Gasteiger partial charge in [0.25, 0.3) is 11.8 Å². The Morgan fingerprint density at radius 3 is 1.30 bits per heavy atom. The van der Waals surface area contributed by atoms with Crippen molar-refractivity contribution in [1.82, 2.24) is 74.9 Å². The summed E-state index contributed by atoms with van der Waals surface area (Å²) in [6, 6.07) is 32.6.